The van der Waals surface area contributed by atoms with E-state index in [2.05, 4.69) is 31.1 Å². The van der Waals surface area contributed by atoms with Crippen LogP contribution in [0.3, 0.4) is 0 Å². The van der Waals surface area contributed by atoms with Crippen molar-refractivity contribution in [1.82, 2.24) is 0 Å². The van der Waals surface area contributed by atoms with Crippen LogP contribution in [-0.2, 0) is 0 Å². The second-order valence-electron chi connectivity index (χ2n) is 7.55. The highest BCUT2D eigenvalue weighted by Crippen LogP contribution is 2.19. The quantitative estimate of drug-likeness (QED) is 0.317. The van der Waals surface area contributed by atoms with Crippen LogP contribution < -0.4 is 4.74 Å². The molecule has 2 nitrogen and oxygen atoms in total. The van der Waals surface area contributed by atoms with Gasteiger partial charge in [0.1, 0.15) is 8.07 Å². The van der Waals surface area contributed by atoms with Crippen molar-refractivity contribution in [3.8, 4) is 17.2 Å². The maximum Gasteiger partial charge on any atom is 0.166 e. The third-order valence-corrected chi connectivity index (χ3v) is 4.70. The number of benzene rings is 1. The van der Waals surface area contributed by atoms with Crippen LogP contribution in [0, 0.1) is 17.3 Å². The van der Waals surface area contributed by atoms with Crippen LogP contribution in [0.25, 0.3) is 0 Å². The van der Waals surface area contributed by atoms with Gasteiger partial charge < -0.3 is 9.84 Å². The molecular weight excluding hydrogens is 331 g/mol. The van der Waals surface area contributed by atoms with E-state index in [0.717, 1.165) is 25.7 Å². The van der Waals surface area contributed by atoms with Gasteiger partial charge in [0.2, 0.25) is 0 Å². The molecule has 0 aromatic heterocycles. The molecular formula is C21H33FO2Si. The van der Waals surface area contributed by atoms with E-state index in [-0.39, 0.29) is 5.82 Å². The van der Waals surface area contributed by atoms with Gasteiger partial charge in [0.15, 0.2) is 11.6 Å². The number of hydrogen-bond acceptors (Lipinski definition) is 2. The fraction of sp³-hybridized carbons (Fsp3) is 0.619. The van der Waals surface area contributed by atoms with E-state index in [9.17, 15) is 4.39 Å². The highest BCUT2D eigenvalue weighted by Gasteiger charge is 2.08. The van der Waals surface area contributed by atoms with E-state index < -0.39 is 8.07 Å². The summed E-state index contributed by atoms with van der Waals surface area (Å²) >= 11 is 0. The van der Waals surface area contributed by atoms with Crippen molar-refractivity contribution >= 4 is 8.07 Å². The number of aliphatic hydroxyl groups excluding tert-OH is 1. The highest BCUT2D eigenvalue weighted by molar-refractivity contribution is 6.83. The molecule has 0 saturated heterocycles. The van der Waals surface area contributed by atoms with Crippen LogP contribution in [0.5, 0.6) is 5.75 Å². The minimum Gasteiger partial charge on any atom is -0.491 e. The standard InChI is InChI=1S/C21H33FO2Si/c1-25(2,3)17-14-19-12-13-21(20(22)18-19)24-16-11-9-7-5-4-6-8-10-15-23/h12-13,18,23H,4-11,15-16H2,1-3H3. The van der Waals surface area contributed by atoms with Gasteiger partial charge in [-0.15, -0.1) is 5.54 Å². The van der Waals surface area contributed by atoms with Crippen LogP contribution in [0.2, 0.25) is 19.6 Å². The molecule has 0 unspecified atom stereocenters. The molecule has 0 saturated carbocycles. The fourth-order valence-corrected chi connectivity index (χ4v) is 2.93. The maximum atomic E-state index is 14.0. The largest absolute Gasteiger partial charge is 0.491 e. The molecule has 0 bridgehead atoms. The average molecular weight is 365 g/mol. The summed E-state index contributed by atoms with van der Waals surface area (Å²) in [5.74, 6) is 3.06. The van der Waals surface area contributed by atoms with Gasteiger partial charge in [-0.05, 0) is 31.0 Å². The molecule has 0 aliphatic rings. The zero-order chi connectivity index (χ0) is 18.5. The van der Waals surface area contributed by atoms with Gasteiger partial charge in [0.05, 0.1) is 6.61 Å². The molecule has 140 valence electrons. The predicted octanol–water partition coefficient (Wildman–Crippen LogP) is 5.55. The van der Waals surface area contributed by atoms with Crippen molar-refractivity contribution in [2.24, 2.45) is 0 Å². The Kier molecular flexibility index (Phi) is 10.5. The van der Waals surface area contributed by atoms with Crippen molar-refractivity contribution < 1.29 is 14.2 Å². The molecule has 0 fully saturated rings. The van der Waals surface area contributed by atoms with Gasteiger partial charge in [0.25, 0.3) is 0 Å². The van der Waals surface area contributed by atoms with Crippen LogP contribution in [0.15, 0.2) is 18.2 Å². The van der Waals surface area contributed by atoms with Crippen molar-refractivity contribution in [2.45, 2.75) is 71.0 Å². The first-order chi connectivity index (χ1) is 11.9. The lowest BCUT2D eigenvalue weighted by atomic mass is 10.1. The first-order valence-electron chi connectivity index (χ1n) is 9.49. The van der Waals surface area contributed by atoms with E-state index in [1.165, 1.54) is 31.7 Å². The molecule has 0 atom stereocenters. The molecule has 0 aliphatic carbocycles. The Balaban J connectivity index is 2.22. The van der Waals surface area contributed by atoms with Crippen molar-refractivity contribution in [1.29, 1.82) is 0 Å². The molecule has 25 heavy (non-hydrogen) atoms. The molecule has 1 rings (SSSR count). The molecule has 0 radical (unpaired) electrons. The van der Waals surface area contributed by atoms with E-state index in [1.807, 2.05) is 6.07 Å². The highest BCUT2D eigenvalue weighted by atomic mass is 28.3. The molecule has 0 spiro atoms. The van der Waals surface area contributed by atoms with Gasteiger partial charge in [-0.1, -0.05) is 64.1 Å². The van der Waals surface area contributed by atoms with Gasteiger partial charge in [-0.2, -0.15) is 0 Å². The van der Waals surface area contributed by atoms with Gasteiger partial charge >= 0.3 is 0 Å². The maximum absolute atomic E-state index is 14.0. The second kappa shape index (κ2) is 12.1. The van der Waals surface area contributed by atoms with Crippen LogP contribution in [-0.4, -0.2) is 26.4 Å². The summed E-state index contributed by atoms with van der Waals surface area (Å²) in [5.41, 5.74) is 3.96. The zero-order valence-corrected chi connectivity index (χ0v) is 17.0. The lowest BCUT2D eigenvalue weighted by molar-refractivity contribution is 0.281. The first kappa shape index (κ1) is 21.7. The van der Waals surface area contributed by atoms with Crippen molar-refractivity contribution in [3.05, 3.63) is 29.6 Å². The summed E-state index contributed by atoms with van der Waals surface area (Å²) in [6.45, 7) is 7.37. The first-order valence-corrected chi connectivity index (χ1v) is 13.0. The zero-order valence-electron chi connectivity index (χ0n) is 16.0. The summed E-state index contributed by atoms with van der Waals surface area (Å²) in [6.07, 6.45) is 8.96. The lowest BCUT2D eigenvalue weighted by Crippen LogP contribution is -2.16. The number of halogens is 1. The Hall–Kier alpha value is -1.31. The lowest BCUT2D eigenvalue weighted by Gasteiger charge is -2.08. The molecule has 1 aromatic rings. The number of hydrogen-bond donors (Lipinski definition) is 1. The monoisotopic (exact) mass is 364 g/mol. The summed E-state index contributed by atoms with van der Waals surface area (Å²) < 4.78 is 19.6. The average Bonchev–Trinajstić information content (AvgIpc) is 2.55. The number of aliphatic hydroxyl groups is 1. The van der Waals surface area contributed by atoms with E-state index in [4.69, 9.17) is 9.84 Å². The molecule has 0 aliphatic heterocycles. The Morgan fingerprint density at radius 2 is 1.56 bits per heavy atom. The molecule has 0 heterocycles. The Morgan fingerprint density at radius 1 is 0.960 bits per heavy atom. The van der Waals surface area contributed by atoms with E-state index in [0.29, 0.717) is 24.5 Å². The third-order valence-electron chi connectivity index (χ3n) is 3.82. The number of rotatable bonds is 11. The summed E-state index contributed by atoms with van der Waals surface area (Å²) in [5, 5.41) is 8.71. The Labute approximate surface area is 153 Å². The Morgan fingerprint density at radius 3 is 2.12 bits per heavy atom. The van der Waals surface area contributed by atoms with E-state index in [1.54, 1.807) is 6.07 Å². The summed E-state index contributed by atoms with van der Waals surface area (Å²) in [4.78, 5) is 0. The van der Waals surface area contributed by atoms with E-state index >= 15 is 0 Å². The normalized spacial score (nSPS) is 11.1. The van der Waals surface area contributed by atoms with Crippen LogP contribution in [0.4, 0.5) is 4.39 Å². The van der Waals surface area contributed by atoms with Crippen LogP contribution >= 0.6 is 0 Å². The predicted molar refractivity (Wildman–Crippen MR) is 106 cm³/mol. The van der Waals surface area contributed by atoms with Gasteiger partial charge in [0, 0.05) is 12.2 Å². The van der Waals surface area contributed by atoms with Crippen molar-refractivity contribution in [3.63, 3.8) is 0 Å². The third kappa shape index (κ3) is 11.0. The minimum absolute atomic E-state index is 0.305. The minimum atomic E-state index is -1.44. The number of unbranched alkanes of at least 4 members (excludes halogenated alkanes) is 7. The molecule has 1 aromatic carbocycles. The molecule has 0 amide bonds. The van der Waals surface area contributed by atoms with Crippen LogP contribution in [0.1, 0.15) is 56.9 Å². The van der Waals surface area contributed by atoms with Gasteiger partial charge in [-0.3, -0.25) is 0 Å². The summed E-state index contributed by atoms with van der Waals surface area (Å²) in [6, 6.07) is 4.98. The Bertz CT molecular complexity index is 555. The molecule has 4 heteroatoms. The summed E-state index contributed by atoms with van der Waals surface area (Å²) in [7, 11) is -1.44. The number of ether oxygens (including phenoxy) is 1. The molecule has 1 N–H and O–H groups in total. The SMILES string of the molecule is C[Si](C)(C)C#Cc1ccc(OCCCCCCCCCCO)c(F)c1. The van der Waals surface area contributed by atoms with Crippen molar-refractivity contribution in [2.75, 3.05) is 13.2 Å². The fourth-order valence-electron chi connectivity index (χ4n) is 2.41. The second-order valence-corrected chi connectivity index (χ2v) is 12.3. The topological polar surface area (TPSA) is 29.5 Å². The smallest absolute Gasteiger partial charge is 0.166 e. The van der Waals surface area contributed by atoms with Gasteiger partial charge in [-0.25, -0.2) is 4.39 Å².